The summed E-state index contributed by atoms with van der Waals surface area (Å²) in [7, 11) is 1.58. The fourth-order valence-corrected chi connectivity index (χ4v) is 2.71. The molecule has 0 saturated heterocycles. The first kappa shape index (κ1) is 17.2. The van der Waals surface area contributed by atoms with Gasteiger partial charge < -0.3 is 14.8 Å². The molecule has 122 valence electrons. The lowest BCUT2D eigenvalue weighted by atomic mass is 10.2. The topological polar surface area (TPSA) is 47.6 Å². The summed E-state index contributed by atoms with van der Waals surface area (Å²) < 4.78 is 11.1. The normalized spacial score (nSPS) is 11.6. The van der Waals surface area contributed by atoms with E-state index >= 15 is 0 Å². The number of methoxy groups -OCH3 is 1. The molecule has 0 unspecified atom stereocenters. The van der Waals surface area contributed by atoms with Crippen LogP contribution in [0.4, 0.5) is 5.69 Å². The molecule has 0 bridgehead atoms. The van der Waals surface area contributed by atoms with Gasteiger partial charge in [-0.2, -0.15) is 0 Å². The zero-order valence-electron chi connectivity index (χ0n) is 13.5. The van der Waals surface area contributed by atoms with E-state index in [9.17, 15) is 4.79 Å². The molecule has 23 heavy (non-hydrogen) atoms. The lowest BCUT2D eigenvalue weighted by Crippen LogP contribution is -2.32. The van der Waals surface area contributed by atoms with E-state index in [1.54, 1.807) is 24.9 Å². The molecular formula is C18H21NO3S. The number of carbonyl (C=O) groups excluding carboxylic acids is 1. The number of nitrogens with one attached hydrogen (secondary N) is 1. The highest BCUT2D eigenvalue weighted by Gasteiger charge is 2.20. The van der Waals surface area contributed by atoms with Gasteiger partial charge in [0.05, 0.1) is 12.8 Å². The Labute approximate surface area is 141 Å². The third kappa shape index (κ3) is 4.42. The predicted octanol–water partition coefficient (Wildman–Crippen LogP) is 4.21. The van der Waals surface area contributed by atoms with E-state index < -0.39 is 6.10 Å². The van der Waals surface area contributed by atoms with Crippen molar-refractivity contribution in [2.75, 3.05) is 18.7 Å². The summed E-state index contributed by atoms with van der Waals surface area (Å²) in [6.45, 7) is 1.92. The van der Waals surface area contributed by atoms with Gasteiger partial charge in [-0.05, 0) is 36.9 Å². The Balaban J connectivity index is 2.12. The maximum absolute atomic E-state index is 12.5. The monoisotopic (exact) mass is 331 g/mol. The highest BCUT2D eigenvalue weighted by Crippen LogP contribution is 2.28. The smallest absolute Gasteiger partial charge is 0.265 e. The molecule has 0 fully saturated rings. The zero-order valence-corrected chi connectivity index (χ0v) is 14.4. The second-order valence-corrected chi connectivity index (χ2v) is 5.70. The molecule has 4 nitrogen and oxygen atoms in total. The summed E-state index contributed by atoms with van der Waals surface area (Å²) in [4.78, 5) is 13.6. The van der Waals surface area contributed by atoms with Crippen LogP contribution < -0.4 is 14.8 Å². The quantitative estimate of drug-likeness (QED) is 0.772. The Bertz CT molecular complexity index is 660. The van der Waals surface area contributed by atoms with Crippen molar-refractivity contribution in [1.82, 2.24) is 0 Å². The van der Waals surface area contributed by atoms with Crippen LogP contribution in [-0.2, 0) is 4.79 Å². The molecule has 1 atom stereocenters. The van der Waals surface area contributed by atoms with Crippen LogP contribution in [0.1, 0.15) is 13.3 Å². The molecule has 2 aromatic carbocycles. The Morgan fingerprint density at radius 2 is 1.78 bits per heavy atom. The van der Waals surface area contributed by atoms with Gasteiger partial charge in [-0.3, -0.25) is 4.79 Å². The van der Waals surface area contributed by atoms with Crippen LogP contribution in [-0.4, -0.2) is 25.4 Å². The molecule has 0 heterocycles. The van der Waals surface area contributed by atoms with E-state index in [1.165, 1.54) is 0 Å². The third-order valence-corrected chi connectivity index (χ3v) is 4.16. The van der Waals surface area contributed by atoms with Crippen molar-refractivity contribution >= 4 is 23.4 Å². The van der Waals surface area contributed by atoms with Gasteiger partial charge >= 0.3 is 0 Å². The van der Waals surface area contributed by atoms with E-state index in [4.69, 9.17) is 9.47 Å². The SMILES string of the molecule is CC[C@H](Oc1ccccc1OC)C(=O)Nc1ccccc1SC. The molecule has 0 spiro atoms. The standard InChI is InChI=1S/C18H21NO3S/c1-4-14(22-16-11-7-6-10-15(16)21-2)18(20)19-13-9-5-8-12-17(13)23-3/h5-12,14H,4H2,1-3H3,(H,19,20)/t14-/m0/s1. The van der Waals surface area contributed by atoms with Crippen LogP contribution >= 0.6 is 11.8 Å². The number of rotatable bonds is 7. The van der Waals surface area contributed by atoms with Gasteiger partial charge in [0.25, 0.3) is 5.91 Å². The Morgan fingerprint density at radius 3 is 2.43 bits per heavy atom. The summed E-state index contributed by atoms with van der Waals surface area (Å²) in [5.74, 6) is 1.01. The van der Waals surface area contributed by atoms with Crippen molar-refractivity contribution < 1.29 is 14.3 Å². The number of amides is 1. The predicted molar refractivity (Wildman–Crippen MR) is 94.6 cm³/mol. The molecule has 2 rings (SSSR count). The minimum absolute atomic E-state index is 0.167. The van der Waals surface area contributed by atoms with Crippen LogP contribution in [0.2, 0.25) is 0 Å². The molecule has 5 heteroatoms. The van der Waals surface area contributed by atoms with Crippen LogP contribution in [0, 0.1) is 0 Å². The maximum atomic E-state index is 12.5. The van der Waals surface area contributed by atoms with Crippen molar-refractivity contribution in [2.24, 2.45) is 0 Å². The minimum atomic E-state index is -0.582. The molecule has 0 aromatic heterocycles. The third-order valence-electron chi connectivity index (χ3n) is 3.37. The fourth-order valence-electron chi connectivity index (χ4n) is 2.15. The average Bonchev–Trinajstić information content (AvgIpc) is 2.60. The van der Waals surface area contributed by atoms with Crippen molar-refractivity contribution in [3.63, 3.8) is 0 Å². The molecule has 1 amide bonds. The number of hydrogen-bond donors (Lipinski definition) is 1. The largest absolute Gasteiger partial charge is 0.493 e. The molecule has 0 aliphatic heterocycles. The molecule has 1 N–H and O–H groups in total. The fraction of sp³-hybridized carbons (Fsp3) is 0.278. The first-order valence-corrected chi connectivity index (χ1v) is 8.65. The van der Waals surface area contributed by atoms with Crippen molar-refractivity contribution in [3.8, 4) is 11.5 Å². The number of ether oxygens (including phenoxy) is 2. The second-order valence-electron chi connectivity index (χ2n) is 4.86. The van der Waals surface area contributed by atoms with Crippen molar-refractivity contribution in [3.05, 3.63) is 48.5 Å². The molecule has 0 aliphatic rings. The molecule has 0 saturated carbocycles. The number of anilines is 1. The molecule has 0 aliphatic carbocycles. The number of para-hydroxylation sites is 3. The number of hydrogen-bond acceptors (Lipinski definition) is 4. The van der Waals surface area contributed by atoms with E-state index in [1.807, 2.05) is 55.6 Å². The Hall–Kier alpha value is -2.14. The van der Waals surface area contributed by atoms with Gasteiger partial charge in [-0.1, -0.05) is 31.2 Å². The summed E-state index contributed by atoms with van der Waals surface area (Å²) in [5, 5.41) is 2.94. The summed E-state index contributed by atoms with van der Waals surface area (Å²) in [6, 6.07) is 15.0. The highest BCUT2D eigenvalue weighted by atomic mass is 32.2. The second kappa shape index (κ2) is 8.48. The lowest BCUT2D eigenvalue weighted by molar-refractivity contribution is -0.122. The van der Waals surface area contributed by atoms with Gasteiger partial charge in [-0.25, -0.2) is 0 Å². The lowest BCUT2D eigenvalue weighted by Gasteiger charge is -2.19. The first-order chi connectivity index (χ1) is 11.2. The van der Waals surface area contributed by atoms with Crippen LogP contribution in [0.3, 0.4) is 0 Å². The van der Waals surface area contributed by atoms with Crippen molar-refractivity contribution in [1.29, 1.82) is 0 Å². The zero-order chi connectivity index (χ0) is 16.7. The first-order valence-electron chi connectivity index (χ1n) is 7.43. The molecule has 2 aromatic rings. The average molecular weight is 331 g/mol. The molecular weight excluding hydrogens is 310 g/mol. The summed E-state index contributed by atoms with van der Waals surface area (Å²) >= 11 is 1.59. The van der Waals surface area contributed by atoms with Crippen LogP contribution in [0.5, 0.6) is 11.5 Å². The van der Waals surface area contributed by atoms with Gasteiger partial charge in [0.2, 0.25) is 0 Å². The minimum Gasteiger partial charge on any atom is -0.493 e. The van der Waals surface area contributed by atoms with Crippen molar-refractivity contribution in [2.45, 2.75) is 24.3 Å². The number of carbonyl (C=O) groups is 1. The van der Waals surface area contributed by atoms with E-state index in [-0.39, 0.29) is 5.91 Å². The number of benzene rings is 2. The van der Waals surface area contributed by atoms with E-state index in [2.05, 4.69) is 5.32 Å². The van der Waals surface area contributed by atoms with Gasteiger partial charge in [0, 0.05) is 4.90 Å². The van der Waals surface area contributed by atoms with Gasteiger partial charge in [-0.15, -0.1) is 11.8 Å². The van der Waals surface area contributed by atoms with Crippen LogP contribution in [0.15, 0.2) is 53.4 Å². The number of thioether (sulfide) groups is 1. The van der Waals surface area contributed by atoms with E-state index in [0.717, 1.165) is 10.6 Å². The summed E-state index contributed by atoms with van der Waals surface area (Å²) in [6.07, 6.45) is 1.96. The highest BCUT2D eigenvalue weighted by molar-refractivity contribution is 7.98. The van der Waals surface area contributed by atoms with Gasteiger partial charge in [0.1, 0.15) is 0 Å². The van der Waals surface area contributed by atoms with E-state index in [0.29, 0.717) is 17.9 Å². The van der Waals surface area contributed by atoms with Gasteiger partial charge in [0.15, 0.2) is 17.6 Å². The Morgan fingerprint density at radius 1 is 1.13 bits per heavy atom. The molecule has 0 radical (unpaired) electrons. The maximum Gasteiger partial charge on any atom is 0.265 e. The van der Waals surface area contributed by atoms with Crippen LogP contribution in [0.25, 0.3) is 0 Å². The summed E-state index contributed by atoms with van der Waals surface area (Å²) in [5.41, 5.74) is 0.798. The Kier molecular flexibility index (Phi) is 6.35.